The molecule has 0 saturated carbocycles. The van der Waals surface area contributed by atoms with Crippen LogP contribution in [-0.2, 0) is 9.53 Å². The predicted octanol–water partition coefficient (Wildman–Crippen LogP) is 2.89. The molecule has 3 nitrogen and oxygen atoms in total. The van der Waals surface area contributed by atoms with E-state index in [-0.39, 0.29) is 12.7 Å². The maximum absolute atomic E-state index is 10.5. The number of fused-ring (bicyclic) bond motifs is 1. The van der Waals surface area contributed by atoms with Gasteiger partial charge in [-0.1, -0.05) is 36.4 Å². The Hall–Kier alpha value is -1.87. The van der Waals surface area contributed by atoms with E-state index < -0.39 is 5.97 Å². The smallest absolute Gasteiger partial charge is 0.329 e. The number of carbonyl (C=O) groups is 1. The van der Waals surface area contributed by atoms with Gasteiger partial charge in [-0.05, 0) is 29.7 Å². The van der Waals surface area contributed by atoms with Crippen molar-refractivity contribution < 1.29 is 14.6 Å². The van der Waals surface area contributed by atoms with Gasteiger partial charge in [0, 0.05) is 0 Å². The van der Waals surface area contributed by atoms with Crippen molar-refractivity contribution in [1.29, 1.82) is 0 Å². The number of aliphatic carboxylic acids is 1. The number of carboxylic acid groups (broad SMARTS) is 1. The van der Waals surface area contributed by atoms with Crippen molar-refractivity contribution >= 4 is 17.6 Å². The highest BCUT2D eigenvalue weighted by Crippen LogP contribution is 2.32. The first-order chi connectivity index (χ1) is 8.08. The lowest BCUT2D eigenvalue weighted by Gasteiger charge is -2.12. The summed E-state index contributed by atoms with van der Waals surface area (Å²) in [5.74, 6) is -0.956. The average Bonchev–Trinajstić information content (AvgIpc) is 2.68. The second kappa shape index (κ2) is 4.55. The number of allylic oxidation sites excluding steroid dienone is 1. The summed E-state index contributed by atoms with van der Waals surface area (Å²) in [5.41, 5.74) is 4.12. The zero-order valence-electron chi connectivity index (χ0n) is 9.64. The molecule has 0 aliphatic heterocycles. The average molecular weight is 230 g/mol. The van der Waals surface area contributed by atoms with Crippen molar-refractivity contribution in [1.82, 2.24) is 0 Å². The van der Waals surface area contributed by atoms with Gasteiger partial charge in [0.2, 0.25) is 0 Å². The second-order valence-corrected chi connectivity index (χ2v) is 4.11. The molecule has 0 radical (unpaired) electrons. The molecule has 1 aromatic rings. The minimum absolute atomic E-state index is 0.264. The van der Waals surface area contributed by atoms with Crippen molar-refractivity contribution in [2.75, 3.05) is 6.61 Å². The molecule has 0 spiro atoms. The Bertz CT molecular complexity index is 500. The Morgan fingerprint density at radius 1 is 1.53 bits per heavy atom. The molecule has 1 aromatic carbocycles. The zero-order valence-corrected chi connectivity index (χ0v) is 9.64. The van der Waals surface area contributed by atoms with Crippen LogP contribution >= 0.6 is 0 Å². The molecule has 1 unspecified atom stereocenters. The van der Waals surface area contributed by atoms with Gasteiger partial charge in [-0.15, -0.1) is 0 Å². The number of benzene rings is 1. The highest BCUT2D eigenvalue weighted by molar-refractivity contribution is 5.70. The Labute approximate surface area is 100 Å². The lowest BCUT2D eigenvalue weighted by molar-refractivity contribution is -0.143. The Morgan fingerprint density at radius 3 is 2.94 bits per heavy atom. The molecule has 2 rings (SSSR count). The van der Waals surface area contributed by atoms with Gasteiger partial charge in [0.1, 0.15) is 12.7 Å². The molecule has 0 fully saturated rings. The summed E-state index contributed by atoms with van der Waals surface area (Å²) in [4.78, 5) is 10.5. The molecular weight excluding hydrogens is 216 g/mol. The monoisotopic (exact) mass is 230 g/mol. The molecular formula is C14H14O3. The highest BCUT2D eigenvalue weighted by Gasteiger charge is 2.19. The van der Waals surface area contributed by atoms with Crippen LogP contribution in [0.25, 0.3) is 11.6 Å². The number of hydrogen-bond acceptors (Lipinski definition) is 2. The maximum atomic E-state index is 10.5. The molecule has 0 aromatic heterocycles. The maximum Gasteiger partial charge on any atom is 0.329 e. The molecule has 88 valence electrons. The molecule has 0 bridgehead atoms. The molecule has 1 aliphatic carbocycles. The van der Waals surface area contributed by atoms with Gasteiger partial charge in [-0.2, -0.15) is 0 Å². The number of carboxylic acids is 1. The summed E-state index contributed by atoms with van der Waals surface area (Å²) >= 11 is 0. The first kappa shape index (κ1) is 11.6. The van der Waals surface area contributed by atoms with Crippen LogP contribution in [0, 0.1) is 0 Å². The van der Waals surface area contributed by atoms with E-state index in [1.807, 2.05) is 37.3 Å². The fraction of sp³-hybridized carbons (Fsp3) is 0.214. The van der Waals surface area contributed by atoms with Crippen molar-refractivity contribution in [3.63, 3.8) is 0 Å². The molecule has 3 heteroatoms. The summed E-state index contributed by atoms with van der Waals surface area (Å²) in [7, 11) is 0. The van der Waals surface area contributed by atoms with E-state index in [9.17, 15) is 4.79 Å². The molecule has 17 heavy (non-hydrogen) atoms. The van der Waals surface area contributed by atoms with E-state index in [2.05, 4.69) is 6.58 Å². The van der Waals surface area contributed by atoms with E-state index in [1.54, 1.807) is 0 Å². The van der Waals surface area contributed by atoms with Crippen LogP contribution in [0.5, 0.6) is 0 Å². The third-order valence-corrected chi connectivity index (χ3v) is 2.72. The quantitative estimate of drug-likeness (QED) is 0.865. The van der Waals surface area contributed by atoms with Crippen LogP contribution in [0.15, 0.2) is 30.9 Å². The Morgan fingerprint density at radius 2 is 2.29 bits per heavy atom. The van der Waals surface area contributed by atoms with E-state index >= 15 is 0 Å². The first-order valence-electron chi connectivity index (χ1n) is 5.39. The Balaban J connectivity index is 2.22. The van der Waals surface area contributed by atoms with Crippen LogP contribution in [0.2, 0.25) is 0 Å². The zero-order chi connectivity index (χ0) is 12.4. The van der Waals surface area contributed by atoms with Crippen molar-refractivity contribution in [3.8, 4) is 0 Å². The van der Waals surface area contributed by atoms with E-state index in [1.165, 1.54) is 0 Å². The third-order valence-electron chi connectivity index (χ3n) is 2.72. The number of hydrogen-bond donors (Lipinski definition) is 1. The third kappa shape index (κ3) is 2.45. The van der Waals surface area contributed by atoms with Gasteiger partial charge in [-0.3, -0.25) is 0 Å². The summed E-state index contributed by atoms with van der Waals surface area (Å²) in [6, 6.07) is 6.01. The van der Waals surface area contributed by atoms with Crippen LogP contribution in [0.1, 0.15) is 29.7 Å². The van der Waals surface area contributed by atoms with Crippen LogP contribution in [0.3, 0.4) is 0 Å². The van der Waals surface area contributed by atoms with E-state index in [0.29, 0.717) is 0 Å². The van der Waals surface area contributed by atoms with Gasteiger partial charge < -0.3 is 9.84 Å². The minimum atomic E-state index is -0.956. The topological polar surface area (TPSA) is 46.5 Å². The summed E-state index contributed by atoms with van der Waals surface area (Å²) < 4.78 is 5.31. The minimum Gasteiger partial charge on any atom is -0.480 e. The Kier molecular flexibility index (Phi) is 3.11. The van der Waals surface area contributed by atoms with Gasteiger partial charge in [0.05, 0.1) is 0 Å². The fourth-order valence-corrected chi connectivity index (χ4v) is 1.84. The summed E-state index contributed by atoms with van der Waals surface area (Å²) in [6.45, 7) is 5.55. The van der Waals surface area contributed by atoms with E-state index in [0.717, 1.165) is 22.3 Å². The summed E-state index contributed by atoms with van der Waals surface area (Å²) in [6.07, 6.45) is 3.56. The molecule has 0 saturated heterocycles. The SMILES string of the molecule is C=C(C)c1ccc2c(c1)C(OCC(=O)O)C=C2. The molecule has 1 aliphatic rings. The standard InChI is InChI=1S/C14H14O3/c1-9(2)11-4-3-10-5-6-13(12(10)7-11)17-8-14(15)16/h3-7,13H,1,8H2,2H3,(H,15,16). The van der Waals surface area contributed by atoms with Gasteiger partial charge >= 0.3 is 5.97 Å². The first-order valence-corrected chi connectivity index (χ1v) is 5.39. The van der Waals surface area contributed by atoms with Gasteiger partial charge in [0.25, 0.3) is 0 Å². The van der Waals surface area contributed by atoms with Crippen molar-refractivity contribution in [2.45, 2.75) is 13.0 Å². The predicted molar refractivity (Wildman–Crippen MR) is 66.5 cm³/mol. The van der Waals surface area contributed by atoms with Crippen molar-refractivity contribution in [2.24, 2.45) is 0 Å². The van der Waals surface area contributed by atoms with Crippen LogP contribution in [0.4, 0.5) is 0 Å². The fourth-order valence-electron chi connectivity index (χ4n) is 1.84. The number of ether oxygens (including phenoxy) is 1. The lowest BCUT2D eigenvalue weighted by atomic mass is 10.0. The molecule has 1 atom stereocenters. The van der Waals surface area contributed by atoms with Crippen LogP contribution < -0.4 is 0 Å². The summed E-state index contributed by atoms with van der Waals surface area (Å²) in [5, 5.41) is 8.60. The van der Waals surface area contributed by atoms with Crippen molar-refractivity contribution in [3.05, 3.63) is 47.5 Å². The van der Waals surface area contributed by atoms with E-state index in [4.69, 9.17) is 9.84 Å². The molecule has 1 N–H and O–H groups in total. The lowest BCUT2D eigenvalue weighted by Crippen LogP contribution is -2.10. The largest absolute Gasteiger partial charge is 0.480 e. The normalized spacial score (nSPS) is 16.9. The number of rotatable bonds is 4. The molecule has 0 heterocycles. The molecule has 0 amide bonds. The van der Waals surface area contributed by atoms with Gasteiger partial charge in [-0.25, -0.2) is 4.79 Å². The highest BCUT2D eigenvalue weighted by atomic mass is 16.5. The van der Waals surface area contributed by atoms with Crippen LogP contribution in [-0.4, -0.2) is 17.7 Å². The second-order valence-electron chi connectivity index (χ2n) is 4.11. The van der Waals surface area contributed by atoms with Gasteiger partial charge in [0.15, 0.2) is 0 Å².